The fourth-order valence-corrected chi connectivity index (χ4v) is 3.76. The second kappa shape index (κ2) is 5.59. The molecule has 3 unspecified atom stereocenters. The Morgan fingerprint density at radius 3 is 2.57 bits per heavy atom. The first-order chi connectivity index (χ1) is 9.97. The second-order valence-corrected chi connectivity index (χ2v) is 6.10. The zero-order chi connectivity index (χ0) is 15.0. The number of halogens is 4. The molecule has 116 valence electrons. The van der Waals surface area contributed by atoms with Crippen molar-refractivity contribution in [2.75, 3.05) is 0 Å². The van der Waals surface area contributed by atoms with E-state index in [0.717, 1.165) is 12.0 Å². The van der Waals surface area contributed by atoms with Gasteiger partial charge in [0.1, 0.15) is 5.82 Å². The summed E-state index contributed by atoms with van der Waals surface area (Å²) in [7, 11) is 0. The summed E-state index contributed by atoms with van der Waals surface area (Å²) in [6.07, 6.45) is -0.664. The van der Waals surface area contributed by atoms with Gasteiger partial charge in [-0.15, -0.1) is 0 Å². The molecule has 0 heterocycles. The maximum absolute atomic E-state index is 13.7. The van der Waals surface area contributed by atoms with E-state index in [4.69, 9.17) is 0 Å². The lowest BCUT2D eigenvalue weighted by atomic mass is 9.83. The van der Waals surface area contributed by atoms with E-state index in [-0.39, 0.29) is 18.3 Å². The van der Waals surface area contributed by atoms with Crippen molar-refractivity contribution in [1.82, 2.24) is 5.32 Å². The zero-order valence-electron chi connectivity index (χ0n) is 11.7. The molecule has 0 aliphatic heterocycles. The molecule has 0 aromatic heterocycles. The predicted octanol–water partition coefficient (Wildman–Crippen LogP) is 4.52. The van der Waals surface area contributed by atoms with E-state index in [1.165, 1.54) is 6.07 Å². The summed E-state index contributed by atoms with van der Waals surface area (Å²) >= 11 is 0. The van der Waals surface area contributed by atoms with E-state index in [0.29, 0.717) is 31.2 Å². The van der Waals surface area contributed by atoms with Crippen LogP contribution in [0.5, 0.6) is 0 Å². The van der Waals surface area contributed by atoms with Crippen molar-refractivity contribution in [2.45, 2.75) is 56.8 Å². The average molecular weight is 301 g/mol. The van der Waals surface area contributed by atoms with Gasteiger partial charge in [0, 0.05) is 12.1 Å². The first-order valence-electron chi connectivity index (χ1n) is 7.57. The van der Waals surface area contributed by atoms with E-state index >= 15 is 0 Å². The largest absolute Gasteiger partial charge is 0.393 e. The first-order valence-corrected chi connectivity index (χ1v) is 7.57. The quantitative estimate of drug-likeness (QED) is 0.792. The highest BCUT2D eigenvalue weighted by atomic mass is 19.4. The average Bonchev–Trinajstić information content (AvgIpc) is 2.83. The summed E-state index contributed by atoms with van der Waals surface area (Å²) < 4.78 is 53.1. The molecule has 0 bridgehead atoms. The van der Waals surface area contributed by atoms with Crippen molar-refractivity contribution in [2.24, 2.45) is 5.92 Å². The van der Waals surface area contributed by atoms with Crippen molar-refractivity contribution >= 4 is 0 Å². The molecule has 2 aliphatic carbocycles. The molecule has 3 rings (SSSR count). The SMILES string of the molecule is Fc1cccc2c1CCC2NC1CCCCC1C(F)(F)F. The molecule has 0 radical (unpaired) electrons. The topological polar surface area (TPSA) is 12.0 Å². The molecule has 21 heavy (non-hydrogen) atoms. The van der Waals surface area contributed by atoms with Crippen LogP contribution < -0.4 is 5.32 Å². The predicted molar refractivity (Wildman–Crippen MR) is 72.4 cm³/mol. The summed E-state index contributed by atoms with van der Waals surface area (Å²) in [6, 6.07) is 4.19. The van der Waals surface area contributed by atoms with Crippen LogP contribution in [0, 0.1) is 11.7 Å². The van der Waals surface area contributed by atoms with Crippen LogP contribution in [-0.4, -0.2) is 12.2 Å². The Morgan fingerprint density at radius 1 is 1.05 bits per heavy atom. The van der Waals surface area contributed by atoms with Crippen molar-refractivity contribution < 1.29 is 17.6 Å². The number of rotatable bonds is 2. The molecule has 1 aromatic carbocycles. The van der Waals surface area contributed by atoms with Gasteiger partial charge in [0.05, 0.1) is 5.92 Å². The summed E-state index contributed by atoms with van der Waals surface area (Å²) in [4.78, 5) is 0. The lowest BCUT2D eigenvalue weighted by molar-refractivity contribution is -0.189. The van der Waals surface area contributed by atoms with Gasteiger partial charge in [0.2, 0.25) is 0 Å². The van der Waals surface area contributed by atoms with Crippen LogP contribution in [0.4, 0.5) is 17.6 Å². The van der Waals surface area contributed by atoms with Crippen molar-refractivity contribution in [1.29, 1.82) is 0 Å². The van der Waals surface area contributed by atoms with Gasteiger partial charge in [0.15, 0.2) is 0 Å². The molecule has 1 aromatic rings. The van der Waals surface area contributed by atoms with Crippen molar-refractivity contribution in [3.63, 3.8) is 0 Å². The maximum Gasteiger partial charge on any atom is 0.393 e. The van der Waals surface area contributed by atoms with E-state index in [1.54, 1.807) is 6.07 Å². The second-order valence-electron chi connectivity index (χ2n) is 6.10. The molecule has 1 N–H and O–H groups in total. The van der Waals surface area contributed by atoms with Crippen molar-refractivity contribution in [3.8, 4) is 0 Å². The highest BCUT2D eigenvalue weighted by molar-refractivity contribution is 5.35. The molecule has 0 amide bonds. The van der Waals surface area contributed by atoms with Gasteiger partial charge in [-0.3, -0.25) is 0 Å². The minimum Gasteiger partial charge on any atom is -0.307 e. The van der Waals surface area contributed by atoms with Crippen LogP contribution in [-0.2, 0) is 6.42 Å². The molecule has 1 saturated carbocycles. The van der Waals surface area contributed by atoms with Crippen LogP contribution in [0.3, 0.4) is 0 Å². The minimum absolute atomic E-state index is 0.149. The Labute approximate surface area is 121 Å². The molecule has 3 atom stereocenters. The fraction of sp³-hybridized carbons (Fsp3) is 0.625. The van der Waals surface area contributed by atoms with Gasteiger partial charge < -0.3 is 5.32 Å². The Balaban J connectivity index is 1.77. The van der Waals surface area contributed by atoms with Gasteiger partial charge in [-0.25, -0.2) is 4.39 Å². The van der Waals surface area contributed by atoms with Crippen LogP contribution in [0.1, 0.15) is 49.3 Å². The molecular formula is C16H19F4N. The Kier molecular flexibility index (Phi) is 3.95. The number of benzene rings is 1. The Bertz CT molecular complexity index is 511. The standard InChI is InChI=1S/C16H19F4N/c17-13-6-3-4-11-10(13)8-9-14(11)21-15-7-2-1-5-12(15)16(18,19)20/h3-4,6,12,14-15,21H,1-2,5,7-9H2. The van der Waals surface area contributed by atoms with Crippen LogP contribution in [0.2, 0.25) is 0 Å². The monoisotopic (exact) mass is 301 g/mol. The van der Waals surface area contributed by atoms with Crippen molar-refractivity contribution in [3.05, 3.63) is 35.1 Å². The van der Waals surface area contributed by atoms with Gasteiger partial charge in [-0.1, -0.05) is 25.0 Å². The molecule has 1 nitrogen and oxygen atoms in total. The maximum atomic E-state index is 13.7. The third-order valence-electron chi connectivity index (χ3n) is 4.82. The van der Waals surface area contributed by atoms with Crippen LogP contribution >= 0.6 is 0 Å². The molecule has 5 heteroatoms. The highest BCUT2D eigenvalue weighted by Gasteiger charge is 2.46. The van der Waals surface area contributed by atoms with Gasteiger partial charge in [0.25, 0.3) is 0 Å². The molecule has 2 aliphatic rings. The lowest BCUT2D eigenvalue weighted by Crippen LogP contribution is -2.46. The lowest BCUT2D eigenvalue weighted by Gasteiger charge is -2.35. The van der Waals surface area contributed by atoms with Gasteiger partial charge in [-0.05, 0) is 42.9 Å². The molecular weight excluding hydrogens is 282 g/mol. The van der Waals surface area contributed by atoms with Gasteiger partial charge in [-0.2, -0.15) is 13.2 Å². The minimum atomic E-state index is -4.15. The summed E-state index contributed by atoms with van der Waals surface area (Å²) in [6.45, 7) is 0. The number of nitrogens with one attached hydrogen (secondary N) is 1. The van der Waals surface area contributed by atoms with Gasteiger partial charge >= 0.3 is 6.18 Å². The Morgan fingerprint density at radius 2 is 1.81 bits per heavy atom. The highest BCUT2D eigenvalue weighted by Crippen LogP contribution is 2.40. The molecule has 0 saturated heterocycles. The van der Waals surface area contributed by atoms with E-state index in [9.17, 15) is 17.6 Å². The number of hydrogen-bond donors (Lipinski definition) is 1. The Hall–Kier alpha value is -1.10. The normalized spacial score (nSPS) is 29.4. The van der Waals surface area contributed by atoms with Crippen LogP contribution in [0.15, 0.2) is 18.2 Å². The number of fused-ring (bicyclic) bond motifs is 1. The third-order valence-corrected chi connectivity index (χ3v) is 4.82. The smallest absolute Gasteiger partial charge is 0.307 e. The number of alkyl halides is 3. The zero-order valence-corrected chi connectivity index (χ0v) is 11.7. The summed E-state index contributed by atoms with van der Waals surface area (Å²) in [5, 5.41) is 3.17. The molecule has 0 spiro atoms. The van der Waals surface area contributed by atoms with E-state index in [2.05, 4.69) is 5.32 Å². The fourth-order valence-electron chi connectivity index (χ4n) is 3.76. The van der Waals surface area contributed by atoms with Crippen LogP contribution in [0.25, 0.3) is 0 Å². The molecule has 1 fully saturated rings. The van der Waals surface area contributed by atoms with E-state index in [1.807, 2.05) is 6.07 Å². The van der Waals surface area contributed by atoms with E-state index < -0.39 is 18.1 Å². The summed E-state index contributed by atoms with van der Waals surface area (Å²) in [5.74, 6) is -1.52. The third kappa shape index (κ3) is 2.93. The number of hydrogen-bond acceptors (Lipinski definition) is 1. The first kappa shape index (κ1) is 14.8. The summed E-state index contributed by atoms with van der Waals surface area (Å²) in [5.41, 5.74) is 1.50.